The fourth-order valence-electron chi connectivity index (χ4n) is 3.01. The van der Waals surface area contributed by atoms with E-state index < -0.39 is 27.4 Å². The van der Waals surface area contributed by atoms with Crippen molar-refractivity contribution in [3.63, 3.8) is 0 Å². The van der Waals surface area contributed by atoms with Crippen molar-refractivity contribution in [2.75, 3.05) is 24.6 Å². The molecule has 1 aliphatic rings. The number of halogens is 2. The molecular formula is C17H22F2N2O4S. The number of carbonyl (C=O) groups is 2. The van der Waals surface area contributed by atoms with Gasteiger partial charge in [0.25, 0.3) is 5.91 Å². The maximum absolute atomic E-state index is 13.5. The van der Waals surface area contributed by atoms with Gasteiger partial charge in [0.2, 0.25) is 5.91 Å². The smallest absolute Gasteiger partial charge is 0.254 e. The van der Waals surface area contributed by atoms with Crippen LogP contribution in [0, 0.1) is 11.6 Å². The van der Waals surface area contributed by atoms with Crippen molar-refractivity contribution in [1.82, 2.24) is 10.2 Å². The minimum atomic E-state index is -3.07. The number of nitrogens with zero attached hydrogens (tertiary/aromatic N) is 1. The van der Waals surface area contributed by atoms with Crippen LogP contribution in [0.25, 0.3) is 0 Å². The second-order valence-electron chi connectivity index (χ2n) is 6.22. The van der Waals surface area contributed by atoms with Gasteiger partial charge in [0.15, 0.2) is 9.84 Å². The molecule has 9 heteroatoms. The molecule has 1 aromatic rings. The summed E-state index contributed by atoms with van der Waals surface area (Å²) in [6.45, 7) is 2.37. The average Bonchev–Trinajstić information content (AvgIpc) is 2.91. The van der Waals surface area contributed by atoms with Crippen LogP contribution in [0.1, 0.15) is 36.5 Å². The van der Waals surface area contributed by atoms with Crippen LogP contribution < -0.4 is 5.32 Å². The summed E-state index contributed by atoms with van der Waals surface area (Å²) in [5, 5.41) is 2.49. The first-order valence-electron chi connectivity index (χ1n) is 8.46. The molecule has 0 bridgehead atoms. The SMILES string of the molecule is CCN(C(=O)CCCNC(=O)c1ccc(F)cc1F)C1CCS(=O)(=O)C1. The third-order valence-corrected chi connectivity index (χ3v) is 6.09. The van der Waals surface area contributed by atoms with Crippen molar-refractivity contribution in [3.8, 4) is 0 Å². The number of amides is 2. The molecule has 1 saturated heterocycles. The molecule has 1 heterocycles. The van der Waals surface area contributed by atoms with Gasteiger partial charge in [-0.2, -0.15) is 0 Å². The van der Waals surface area contributed by atoms with Gasteiger partial charge < -0.3 is 10.2 Å². The molecule has 1 fully saturated rings. The van der Waals surface area contributed by atoms with E-state index in [9.17, 15) is 26.8 Å². The third-order valence-electron chi connectivity index (χ3n) is 4.34. The average molecular weight is 388 g/mol. The van der Waals surface area contributed by atoms with E-state index in [0.717, 1.165) is 12.1 Å². The fraction of sp³-hybridized carbons (Fsp3) is 0.529. The van der Waals surface area contributed by atoms with Crippen molar-refractivity contribution in [1.29, 1.82) is 0 Å². The molecule has 1 atom stereocenters. The van der Waals surface area contributed by atoms with Crippen molar-refractivity contribution in [3.05, 3.63) is 35.4 Å². The summed E-state index contributed by atoms with van der Waals surface area (Å²) in [5.41, 5.74) is -0.260. The van der Waals surface area contributed by atoms with Gasteiger partial charge in [0.05, 0.1) is 17.1 Å². The molecule has 0 spiro atoms. The number of hydrogen-bond acceptors (Lipinski definition) is 4. The molecule has 26 heavy (non-hydrogen) atoms. The lowest BCUT2D eigenvalue weighted by Crippen LogP contribution is -2.41. The largest absolute Gasteiger partial charge is 0.352 e. The monoisotopic (exact) mass is 388 g/mol. The zero-order chi connectivity index (χ0) is 19.3. The molecule has 2 rings (SSSR count). The van der Waals surface area contributed by atoms with Crippen LogP contribution in [0.5, 0.6) is 0 Å². The Morgan fingerprint density at radius 1 is 1.31 bits per heavy atom. The molecule has 0 aliphatic carbocycles. The van der Waals surface area contributed by atoms with Crippen LogP contribution in [0.15, 0.2) is 18.2 Å². The van der Waals surface area contributed by atoms with Crippen molar-refractivity contribution < 1.29 is 26.8 Å². The highest BCUT2D eigenvalue weighted by Gasteiger charge is 2.33. The molecule has 1 unspecified atom stereocenters. The molecule has 144 valence electrons. The first-order chi connectivity index (χ1) is 12.2. The van der Waals surface area contributed by atoms with Gasteiger partial charge in [-0.05, 0) is 31.9 Å². The van der Waals surface area contributed by atoms with Crippen molar-refractivity contribution in [2.24, 2.45) is 0 Å². The maximum Gasteiger partial charge on any atom is 0.254 e. The lowest BCUT2D eigenvalue weighted by Gasteiger charge is -2.27. The maximum atomic E-state index is 13.5. The second kappa shape index (κ2) is 8.57. The van der Waals surface area contributed by atoms with Crippen LogP contribution in [-0.4, -0.2) is 55.8 Å². The van der Waals surface area contributed by atoms with E-state index in [0.29, 0.717) is 25.5 Å². The Kier molecular flexibility index (Phi) is 6.69. The van der Waals surface area contributed by atoms with Gasteiger partial charge in [-0.3, -0.25) is 9.59 Å². The van der Waals surface area contributed by atoms with Crippen molar-refractivity contribution in [2.45, 2.75) is 32.2 Å². The Labute approximate surface area is 151 Å². The molecule has 1 N–H and O–H groups in total. The van der Waals surface area contributed by atoms with Gasteiger partial charge in [0.1, 0.15) is 11.6 Å². The van der Waals surface area contributed by atoms with E-state index >= 15 is 0 Å². The normalized spacial score (nSPS) is 18.5. The van der Waals surface area contributed by atoms with Crippen LogP contribution in [0.4, 0.5) is 8.78 Å². The molecule has 2 amide bonds. The molecule has 0 saturated carbocycles. The van der Waals surface area contributed by atoms with Crippen LogP contribution in [0.3, 0.4) is 0 Å². The number of nitrogens with one attached hydrogen (secondary N) is 1. The summed E-state index contributed by atoms with van der Waals surface area (Å²) < 4.78 is 49.5. The predicted molar refractivity (Wildman–Crippen MR) is 92.4 cm³/mol. The van der Waals surface area contributed by atoms with E-state index in [1.165, 1.54) is 0 Å². The molecule has 6 nitrogen and oxygen atoms in total. The van der Waals surface area contributed by atoms with Gasteiger partial charge in [-0.15, -0.1) is 0 Å². The first-order valence-corrected chi connectivity index (χ1v) is 10.3. The number of sulfone groups is 1. The summed E-state index contributed by atoms with van der Waals surface area (Å²) in [7, 11) is -3.07. The standard InChI is InChI=1S/C17H22F2N2O4S/c1-2-21(13-7-9-26(24,25)11-13)16(22)4-3-8-20-17(23)14-6-5-12(18)10-15(14)19/h5-6,10,13H,2-4,7-9,11H2,1H3,(H,20,23). The van der Waals surface area contributed by atoms with Gasteiger partial charge in [-0.1, -0.05) is 0 Å². The zero-order valence-electron chi connectivity index (χ0n) is 14.5. The summed E-state index contributed by atoms with van der Waals surface area (Å²) in [4.78, 5) is 25.7. The first kappa shape index (κ1) is 20.3. The van der Waals surface area contributed by atoms with E-state index in [-0.39, 0.29) is 42.0 Å². The number of rotatable bonds is 7. The highest BCUT2D eigenvalue weighted by Crippen LogP contribution is 2.18. The minimum Gasteiger partial charge on any atom is -0.352 e. The predicted octanol–water partition coefficient (Wildman–Crippen LogP) is 1.51. The lowest BCUT2D eigenvalue weighted by molar-refractivity contribution is -0.132. The van der Waals surface area contributed by atoms with Gasteiger partial charge >= 0.3 is 0 Å². The van der Waals surface area contributed by atoms with E-state index in [1.807, 2.05) is 0 Å². The Hall–Kier alpha value is -2.03. The Balaban J connectivity index is 1.79. The highest BCUT2D eigenvalue weighted by molar-refractivity contribution is 7.91. The highest BCUT2D eigenvalue weighted by atomic mass is 32.2. The zero-order valence-corrected chi connectivity index (χ0v) is 15.3. The lowest BCUT2D eigenvalue weighted by atomic mass is 10.1. The fourth-order valence-corrected chi connectivity index (χ4v) is 4.74. The number of benzene rings is 1. The van der Waals surface area contributed by atoms with Crippen LogP contribution in [0.2, 0.25) is 0 Å². The Bertz CT molecular complexity index is 783. The van der Waals surface area contributed by atoms with Crippen molar-refractivity contribution >= 4 is 21.7 Å². The summed E-state index contributed by atoms with van der Waals surface area (Å²) in [5.74, 6) is -2.47. The Morgan fingerprint density at radius 3 is 2.62 bits per heavy atom. The number of hydrogen-bond donors (Lipinski definition) is 1. The van der Waals surface area contributed by atoms with Gasteiger partial charge in [-0.25, -0.2) is 17.2 Å². The third kappa shape index (κ3) is 5.23. The summed E-state index contributed by atoms with van der Waals surface area (Å²) in [6.07, 6.45) is 0.933. The second-order valence-corrected chi connectivity index (χ2v) is 8.45. The molecule has 0 radical (unpaired) electrons. The Morgan fingerprint density at radius 2 is 2.04 bits per heavy atom. The van der Waals surface area contributed by atoms with E-state index in [1.54, 1.807) is 11.8 Å². The molecule has 1 aromatic carbocycles. The topological polar surface area (TPSA) is 83.6 Å². The minimum absolute atomic E-state index is 0.00679. The molecule has 1 aliphatic heterocycles. The number of carbonyl (C=O) groups excluding carboxylic acids is 2. The molecular weight excluding hydrogens is 366 g/mol. The van der Waals surface area contributed by atoms with Crippen LogP contribution in [-0.2, 0) is 14.6 Å². The van der Waals surface area contributed by atoms with Gasteiger partial charge in [0, 0.05) is 31.6 Å². The quantitative estimate of drug-likeness (QED) is 0.718. The van der Waals surface area contributed by atoms with E-state index in [2.05, 4.69) is 5.32 Å². The van der Waals surface area contributed by atoms with E-state index in [4.69, 9.17) is 0 Å². The summed E-state index contributed by atoms with van der Waals surface area (Å²) >= 11 is 0. The molecule has 0 aromatic heterocycles. The summed E-state index contributed by atoms with van der Waals surface area (Å²) in [6, 6.07) is 2.40. The van der Waals surface area contributed by atoms with Crippen LogP contribution >= 0.6 is 0 Å².